The largest absolute Gasteiger partial charge is 0.495 e. The maximum atomic E-state index is 12.3. The summed E-state index contributed by atoms with van der Waals surface area (Å²) < 4.78 is 5.11. The van der Waals surface area contributed by atoms with E-state index in [0.29, 0.717) is 17.2 Å². The molecule has 1 aromatic rings. The molecule has 0 saturated carbocycles. The van der Waals surface area contributed by atoms with Gasteiger partial charge in [0.2, 0.25) is 5.91 Å². The van der Waals surface area contributed by atoms with Gasteiger partial charge in [0, 0.05) is 26.2 Å². The van der Waals surface area contributed by atoms with Crippen LogP contribution in [-0.4, -0.2) is 55.5 Å². The molecule has 4 nitrogen and oxygen atoms in total. The lowest BCUT2D eigenvalue weighted by molar-refractivity contribution is -0.132. The molecule has 1 aliphatic rings. The summed E-state index contributed by atoms with van der Waals surface area (Å²) in [4.78, 5) is 16.6. The zero-order valence-electron chi connectivity index (χ0n) is 12.1. The standard InChI is InChI=1S/C15H21ClN2O2/c1-3-17-6-8-18(9-7-17)15(19)11-12-4-5-14(20-2)13(16)10-12/h4-5,10H,3,6-9,11H2,1-2H3. The highest BCUT2D eigenvalue weighted by atomic mass is 35.5. The van der Waals surface area contributed by atoms with Crippen LogP contribution in [0.25, 0.3) is 0 Å². The maximum absolute atomic E-state index is 12.3. The Morgan fingerprint density at radius 2 is 2.00 bits per heavy atom. The number of rotatable bonds is 4. The summed E-state index contributed by atoms with van der Waals surface area (Å²) in [5.74, 6) is 0.807. The first-order valence-electron chi connectivity index (χ1n) is 6.96. The van der Waals surface area contributed by atoms with Gasteiger partial charge in [-0.1, -0.05) is 24.6 Å². The molecular weight excluding hydrogens is 276 g/mol. The van der Waals surface area contributed by atoms with Gasteiger partial charge in [0.05, 0.1) is 18.6 Å². The van der Waals surface area contributed by atoms with Crippen molar-refractivity contribution >= 4 is 17.5 Å². The summed E-state index contributed by atoms with van der Waals surface area (Å²) in [6, 6.07) is 5.51. The highest BCUT2D eigenvalue weighted by Crippen LogP contribution is 2.25. The minimum atomic E-state index is 0.169. The van der Waals surface area contributed by atoms with Crippen molar-refractivity contribution in [2.24, 2.45) is 0 Å². The van der Waals surface area contributed by atoms with Crippen LogP contribution in [-0.2, 0) is 11.2 Å². The Bertz CT molecular complexity index is 471. The normalized spacial score (nSPS) is 16.2. The lowest BCUT2D eigenvalue weighted by Gasteiger charge is -2.34. The summed E-state index contributed by atoms with van der Waals surface area (Å²) in [6.45, 7) is 6.76. The van der Waals surface area contributed by atoms with E-state index in [-0.39, 0.29) is 5.91 Å². The molecule has 0 radical (unpaired) electrons. The number of carbonyl (C=O) groups is 1. The molecule has 0 unspecified atom stereocenters. The predicted molar refractivity (Wildman–Crippen MR) is 80.4 cm³/mol. The van der Waals surface area contributed by atoms with Gasteiger partial charge in [0.25, 0.3) is 0 Å². The first kappa shape index (κ1) is 15.1. The number of nitrogens with zero attached hydrogens (tertiary/aromatic N) is 2. The lowest BCUT2D eigenvalue weighted by Crippen LogP contribution is -2.48. The summed E-state index contributed by atoms with van der Waals surface area (Å²) in [5, 5.41) is 0.550. The molecule has 20 heavy (non-hydrogen) atoms. The van der Waals surface area contributed by atoms with Gasteiger partial charge in [0.15, 0.2) is 0 Å². The van der Waals surface area contributed by atoms with Crippen LogP contribution in [0.4, 0.5) is 0 Å². The molecule has 1 fully saturated rings. The van der Waals surface area contributed by atoms with Crippen molar-refractivity contribution in [3.63, 3.8) is 0 Å². The molecule has 0 bridgehead atoms. The molecule has 2 rings (SSSR count). The van der Waals surface area contributed by atoms with Gasteiger partial charge in [-0.15, -0.1) is 0 Å². The Balaban J connectivity index is 1.93. The predicted octanol–water partition coefficient (Wildman–Crippen LogP) is 2.06. The quantitative estimate of drug-likeness (QED) is 0.852. The highest BCUT2D eigenvalue weighted by Gasteiger charge is 2.20. The number of benzene rings is 1. The van der Waals surface area contributed by atoms with E-state index in [9.17, 15) is 4.79 Å². The van der Waals surface area contributed by atoms with E-state index in [4.69, 9.17) is 16.3 Å². The van der Waals surface area contributed by atoms with E-state index in [1.54, 1.807) is 19.2 Å². The minimum Gasteiger partial charge on any atom is -0.495 e. The Morgan fingerprint density at radius 3 is 2.55 bits per heavy atom. The Morgan fingerprint density at radius 1 is 1.30 bits per heavy atom. The average Bonchev–Trinajstić information content (AvgIpc) is 2.47. The van der Waals surface area contributed by atoms with Crippen LogP contribution in [0.15, 0.2) is 18.2 Å². The first-order valence-corrected chi connectivity index (χ1v) is 7.34. The Labute approximate surface area is 125 Å². The molecule has 1 aromatic carbocycles. The summed E-state index contributed by atoms with van der Waals surface area (Å²) in [6.07, 6.45) is 0.399. The van der Waals surface area contributed by atoms with E-state index in [0.717, 1.165) is 38.3 Å². The van der Waals surface area contributed by atoms with Crippen molar-refractivity contribution in [3.8, 4) is 5.75 Å². The summed E-state index contributed by atoms with van der Waals surface area (Å²) in [5.41, 5.74) is 0.929. The van der Waals surface area contributed by atoms with Crippen molar-refractivity contribution in [1.29, 1.82) is 0 Å². The molecule has 0 aromatic heterocycles. The monoisotopic (exact) mass is 296 g/mol. The first-order chi connectivity index (χ1) is 9.63. The lowest BCUT2D eigenvalue weighted by atomic mass is 10.1. The van der Waals surface area contributed by atoms with Gasteiger partial charge in [-0.2, -0.15) is 0 Å². The molecule has 0 spiro atoms. The van der Waals surface area contributed by atoms with Gasteiger partial charge in [0.1, 0.15) is 5.75 Å². The zero-order chi connectivity index (χ0) is 14.5. The van der Waals surface area contributed by atoms with Gasteiger partial charge < -0.3 is 14.5 Å². The van der Waals surface area contributed by atoms with Crippen molar-refractivity contribution in [3.05, 3.63) is 28.8 Å². The molecule has 0 N–H and O–H groups in total. The number of hydrogen-bond donors (Lipinski definition) is 0. The molecule has 1 aliphatic heterocycles. The second-order valence-electron chi connectivity index (χ2n) is 4.96. The average molecular weight is 297 g/mol. The van der Waals surface area contributed by atoms with Crippen molar-refractivity contribution < 1.29 is 9.53 Å². The summed E-state index contributed by atoms with van der Waals surface area (Å²) in [7, 11) is 1.58. The SMILES string of the molecule is CCN1CCN(C(=O)Cc2ccc(OC)c(Cl)c2)CC1. The molecule has 0 atom stereocenters. The topological polar surface area (TPSA) is 32.8 Å². The van der Waals surface area contributed by atoms with Crippen molar-refractivity contribution in [2.45, 2.75) is 13.3 Å². The third-order valence-electron chi connectivity index (χ3n) is 3.74. The van der Waals surface area contributed by atoms with Crippen LogP contribution in [0.5, 0.6) is 5.75 Å². The van der Waals surface area contributed by atoms with Crippen LogP contribution in [0.3, 0.4) is 0 Å². The fourth-order valence-corrected chi connectivity index (χ4v) is 2.70. The van der Waals surface area contributed by atoms with Crippen molar-refractivity contribution in [2.75, 3.05) is 39.8 Å². The number of amides is 1. The maximum Gasteiger partial charge on any atom is 0.227 e. The molecule has 1 amide bonds. The fourth-order valence-electron chi connectivity index (χ4n) is 2.42. The molecule has 0 aliphatic carbocycles. The number of ether oxygens (including phenoxy) is 1. The third kappa shape index (κ3) is 3.64. The second-order valence-corrected chi connectivity index (χ2v) is 5.37. The number of piperazine rings is 1. The molecule has 1 saturated heterocycles. The zero-order valence-corrected chi connectivity index (χ0v) is 12.8. The Hall–Kier alpha value is -1.26. The number of likely N-dealkylation sites (N-methyl/N-ethyl adjacent to an activating group) is 1. The van der Waals surface area contributed by atoms with Gasteiger partial charge in [-0.05, 0) is 24.2 Å². The number of methoxy groups -OCH3 is 1. The van der Waals surface area contributed by atoms with Crippen LogP contribution in [0.2, 0.25) is 5.02 Å². The van der Waals surface area contributed by atoms with Gasteiger partial charge >= 0.3 is 0 Å². The minimum absolute atomic E-state index is 0.169. The fraction of sp³-hybridized carbons (Fsp3) is 0.533. The number of hydrogen-bond acceptors (Lipinski definition) is 3. The third-order valence-corrected chi connectivity index (χ3v) is 4.04. The van der Waals surface area contributed by atoms with E-state index in [1.807, 2.05) is 11.0 Å². The Kier molecular flexibility index (Phi) is 5.26. The molecule has 5 heteroatoms. The number of carbonyl (C=O) groups excluding carboxylic acids is 1. The summed E-state index contributed by atoms with van der Waals surface area (Å²) >= 11 is 6.08. The van der Waals surface area contributed by atoms with E-state index < -0.39 is 0 Å². The number of halogens is 1. The molecule has 1 heterocycles. The second kappa shape index (κ2) is 6.95. The smallest absolute Gasteiger partial charge is 0.227 e. The van der Waals surface area contributed by atoms with E-state index in [1.165, 1.54) is 0 Å². The van der Waals surface area contributed by atoms with Crippen LogP contribution < -0.4 is 4.74 Å². The van der Waals surface area contributed by atoms with Crippen molar-refractivity contribution in [1.82, 2.24) is 9.80 Å². The van der Waals surface area contributed by atoms with Gasteiger partial charge in [-0.25, -0.2) is 0 Å². The van der Waals surface area contributed by atoms with E-state index >= 15 is 0 Å². The van der Waals surface area contributed by atoms with Crippen LogP contribution in [0, 0.1) is 0 Å². The van der Waals surface area contributed by atoms with Gasteiger partial charge in [-0.3, -0.25) is 4.79 Å². The van der Waals surface area contributed by atoms with Crippen LogP contribution in [0.1, 0.15) is 12.5 Å². The van der Waals surface area contributed by atoms with E-state index in [2.05, 4.69) is 11.8 Å². The highest BCUT2D eigenvalue weighted by molar-refractivity contribution is 6.32. The molecular formula is C15H21ClN2O2. The van der Waals surface area contributed by atoms with Crippen LogP contribution >= 0.6 is 11.6 Å². The molecule has 110 valence electrons.